The number of aryl methyl sites for hydroxylation is 1. The number of rotatable bonds is 5. The molecule has 0 aliphatic rings. The number of nitrogens with zero attached hydrogens (tertiary/aromatic N) is 1. The minimum Gasteiger partial charge on any atom is -0.324 e. The van der Waals surface area contributed by atoms with Gasteiger partial charge in [-0.25, -0.2) is 0 Å². The quantitative estimate of drug-likeness (QED) is 0.803. The molecule has 1 unspecified atom stereocenters. The second-order valence-electron chi connectivity index (χ2n) is 4.61. The number of hydrogen-bond acceptors (Lipinski definition) is 2. The van der Waals surface area contributed by atoms with Crippen LogP contribution in [-0.4, -0.2) is 4.98 Å². The Hall–Kier alpha value is -0.890. The maximum absolute atomic E-state index is 6.14. The fraction of sp³-hybridized carbons (Fsp3) is 0.615. The third kappa shape index (κ3) is 4.00. The van der Waals surface area contributed by atoms with Crippen molar-refractivity contribution in [1.82, 2.24) is 4.98 Å². The van der Waals surface area contributed by atoms with Crippen LogP contribution in [0, 0.1) is 12.8 Å². The van der Waals surface area contributed by atoms with Gasteiger partial charge < -0.3 is 5.73 Å². The highest BCUT2D eigenvalue weighted by Crippen LogP contribution is 2.19. The summed E-state index contributed by atoms with van der Waals surface area (Å²) in [5.41, 5.74) is 8.40. The Bertz CT molecular complexity index is 294. The molecule has 1 aromatic heterocycles. The average molecular weight is 206 g/mol. The summed E-state index contributed by atoms with van der Waals surface area (Å²) in [6, 6.07) is 4.20. The molecule has 0 aromatic carbocycles. The van der Waals surface area contributed by atoms with Gasteiger partial charge in [-0.1, -0.05) is 32.8 Å². The van der Waals surface area contributed by atoms with Gasteiger partial charge >= 0.3 is 0 Å². The lowest BCUT2D eigenvalue weighted by atomic mass is 9.98. The van der Waals surface area contributed by atoms with Gasteiger partial charge in [-0.05, 0) is 30.9 Å². The fourth-order valence-corrected chi connectivity index (χ4v) is 1.79. The Kier molecular flexibility index (Phi) is 4.76. The molecule has 0 saturated heterocycles. The Balaban J connectivity index is 2.47. The van der Waals surface area contributed by atoms with Crippen LogP contribution in [0.5, 0.6) is 0 Å². The summed E-state index contributed by atoms with van der Waals surface area (Å²) in [6.07, 6.45) is 5.34. The predicted molar refractivity (Wildman–Crippen MR) is 64.6 cm³/mol. The molecule has 84 valence electrons. The highest BCUT2D eigenvalue weighted by atomic mass is 14.7. The number of hydrogen-bond donors (Lipinski definition) is 1. The Morgan fingerprint density at radius 3 is 2.67 bits per heavy atom. The third-order valence-corrected chi connectivity index (χ3v) is 2.74. The molecule has 0 spiro atoms. The molecule has 1 aromatic rings. The van der Waals surface area contributed by atoms with Gasteiger partial charge in [0, 0.05) is 17.9 Å². The van der Waals surface area contributed by atoms with E-state index in [-0.39, 0.29) is 6.04 Å². The molecule has 0 bridgehead atoms. The van der Waals surface area contributed by atoms with Crippen molar-refractivity contribution in [2.24, 2.45) is 11.7 Å². The monoisotopic (exact) mass is 206 g/mol. The highest BCUT2D eigenvalue weighted by molar-refractivity contribution is 5.21. The van der Waals surface area contributed by atoms with E-state index in [1.807, 2.05) is 19.2 Å². The van der Waals surface area contributed by atoms with E-state index in [1.54, 1.807) is 0 Å². The van der Waals surface area contributed by atoms with Crippen LogP contribution >= 0.6 is 0 Å². The van der Waals surface area contributed by atoms with Crippen LogP contribution in [-0.2, 0) is 0 Å². The van der Waals surface area contributed by atoms with Gasteiger partial charge in [0.1, 0.15) is 0 Å². The second-order valence-corrected chi connectivity index (χ2v) is 4.61. The zero-order valence-corrected chi connectivity index (χ0v) is 10.0. The van der Waals surface area contributed by atoms with E-state index in [0.29, 0.717) is 0 Å². The molecule has 0 fully saturated rings. The van der Waals surface area contributed by atoms with E-state index in [9.17, 15) is 0 Å². The maximum Gasteiger partial charge on any atom is 0.0420 e. The van der Waals surface area contributed by atoms with E-state index in [0.717, 1.165) is 18.0 Å². The minimum atomic E-state index is 0.150. The van der Waals surface area contributed by atoms with Crippen molar-refractivity contribution in [3.05, 3.63) is 29.6 Å². The summed E-state index contributed by atoms with van der Waals surface area (Å²) in [7, 11) is 0. The van der Waals surface area contributed by atoms with Gasteiger partial charge in [0.2, 0.25) is 0 Å². The van der Waals surface area contributed by atoms with Crippen LogP contribution in [0.2, 0.25) is 0 Å². The molecule has 2 heteroatoms. The van der Waals surface area contributed by atoms with Gasteiger partial charge in [-0.15, -0.1) is 0 Å². The highest BCUT2D eigenvalue weighted by Gasteiger charge is 2.08. The summed E-state index contributed by atoms with van der Waals surface area (Å²) >= 11 is 0. The summed E-state index contributed by atoms with van der Waals surface area (Å²) in [5, 5.41) is 0. The zero-order valence-electron chi connectivity index (χ0n) is 10.0. The summed E-state index contributed by atoms with van der Waals surface area (Å²) in [6.45, 7) is 6.53. The molecule has 0 aliphatic carbocycles. The normalized spacial score (nSPS) is 13.1. The predicted octanol–water partition coefficient (Wildman–Crippen LogP) is 3.22. The van der Waals surface area contributed by atoms with E-state index in [4.69, 9.17) is 5.73 Å². The summed E-state index contributed by atoms with van der Waals surface area (Å²) in [4.78, 5) is 4.26. The first-order chi connectivity index (χ1) is 7.11. The zero-order chi connectivity index (χ0) is 11.3. The van der Waals surface area contributed by atoms with E-state index < -0.39 is 0 Å². The van der Waals surface area contributed by atoms with Crippen LogP contribution in [0.4, 0.5) is 0 Å². The Labute approximate surface area is 92.9 Å². The first-order valence-corrected chi connectivity index (χ1v) is 5.78. The van der Waals surface area contributed by atoms with Crippen molar-refractivity contribution >= 4 is 0 Å². The minimum absolute atomic E-state index is 0.150. The van der Waals surface area contributed by atoms with E-state index in [1.165, 1.54) is 18.4 Å². The molecule has 0 saturated carbocycles. The molecule has 1 heterocycles. The van der Waals surface area contributed by atoms with Crippen LogP contribution in [0.15, 0.2) is 18.3 Å². The lowest BCUT2D eigenvalue weighted by Crippen LogP contribution is -2.12. The lowest BCUT2D eigenvalue weighted by Gasteiger charge is -2.14. The number of pyridine rings is 1. The average Bonchev–Trinajstić information content (AvgIpc) is 2.17. The van der Waals surface area contributed by atoms with Crippen LogP contribution in [0.3, 0.4) is 0 Å². The molecule has 0 amide bonds. The summed E-state index contributed by atoms with van der Waals surface area (Å²) in [5.74, 6) is 0.771. The van der Waals surface area contributed by atoms with E-state index in [2.05, 4.69) is 24.9 Å². The smallest absolute Gasteiger partial charge is 0.0420 e. The van der Waals surface area contributed by atoms with Crippen LogP contribution in [0.1, 0.15) is 50.4 Å². The fourth-order valence-electron chi connectivity index (χ4n) is 1.79. The van der Waals surface area contributed by atoms with Crippen molar-refractivity contribution in [3.63, 3.8) is 0 Å². The largest absolute Gasteiger partial charge is 0.324 e. The third-order valence-electron chi connectivity index (χ3n) is 2.74. The summed E-state index contributed by atoms with van der Waals surface area (Å²) < 4.78 is 0. The standard InChI is InChI=1S/C13H22N2/c1-10(2)6-4-8-13(14)12-7-5-9-15-11(12)3/h5,7,9-10,13H,4,6,8,14H2,1-3H3. The molecule has 15 heavy (non-hydrogen) atoms. The van der Waals surface area contributed by atoms with Gasteiger partial charge in [0.15, 0.2) is 0 Å². The van der Waals surface area contributed by atoms with Crippen molar-refractivity contribution in [2.45, 2.75) is 46.1 Å². The number of aromatic nitrogens is 1. The van der Waals surface area contributed by atoms with Gasteiger partial charge in [0.25, 0.3) is 0 Å². The second kappa shape index (κ2) is 5.86. The SMILES string of the molecule is Cc1ncccc1C(N)CCCC(C)C. The molecular weight excluding hydrogens is 184 g/mol. The van der Waals surface area contributed by atoms with Crippen LogP contribution in [0.25, 0.3) is 0 Å². The Morgan fingerprint density at radius 2 is 2.07 bits per heavy atom. The van der Waals surface area contributed by atoms with Gasteiger partial charge in [0.05, 0.1) is 0 Å². The molecule has 2 N–H and O–H groups in total. The van der Waals surface area contributed by atoms with Crippen LogP contribution < -0.4 is 5.73 Å². The van der Waals surface area contributed by atoms with Crippen molar-refractivity contribution in [3.8, 4) is 0 Å². The van der Waals surface area contributed by atoms with Gasteiger partial charge in [-0.2, -0.15) is 0 Å². The maximum atomic E-state index is 6.14. The van der Waals surface area contributed by atoms with Crippen molar-refractivity contribution in [2.75, 3.05) is 0 Å². The molecule has 1 rings (SSSR count). The molecular formula is C13H22N2. The van der Waals surface area contributed by atoms with E-state index >= 15 is 0 Å². The van der Waals surface area contributed by atoms with Crippen molar-refractivity contribution in [1.29, 1.82) is 0 Å². The first kappa shape index (κ1) is 12.2. The van der Waals surface area contributed by atoms with Gasteiger partial charge in [-0.3, -0.25) is 4.98 Å². The lowest BCUT2D eigenvalue weighted by molar-refractivity contribution is 0.504. The molecule has 0 aliphatic heterocycles. The topological polar surface area (TPSA) is 38.9 Å². The first-order valence-electron chi connectivity index (χ1n) is 5.78. The van der Waals surface area contributed by atoms with Crippen molar-refractivity contribution < 1.29 is 0 Å². The number of nitrogens with two attached hydrogens (primary N) is 1. The molecule has 2 nitrogen and oxygen atoms in total. The molecule has 0 radical (unpaired) electrons. The Morgan fingerprint density at radius 1 is 1.33 bits per heavy atom. The molecule has 1 atom stereocenters.